The Morgan fingerprint density at radius 3 is 2.77 bits per heavy atom. The molecule has 0 aromatic heterocycles. The van der Waals surface area contributed by atoms with Crippen LogP contribution in [0.5, 0.6) is 0 Å². The fourth-order valence-corrected chi connectivity index (χ4v) is 1.44. The number of Topliss-reactive ketones (excluding diaryl/α,β-unsaturated/α-hetero) is 1. The molecule has 0 N–H and O–H groups in total. The summed E-state index contributed by atoms with van der Waals surface area (Å²) in [5, 5.41) is 0. The molecule has 0 saturated carbocycles. The van der Waals surface area contributed by atoms with E-state index in [9.17, 15) is 4.79 Å². The number of rotatable bonds is 3. The molecule has 0 radical (unpaired) electrons. The molecule has 0 bridgehead atoms. The highest BCUT2D eigenvalue weighted by atomic mass is 16.1. The molecule has 13 heavy (non-hydrogen) atoms. The first-order valence-corrected chi connectivity index (χ1v) is 4.37. The average molecular weight is 174 g/mol. The topological polar surface area (TPSA) is 17.1 Å². The summed E-state index contributed by atoms with van der Waals surface area (Å²) in [5.74, 6) is 0.128. The van der Waals surface area contributed by atoms with E-state index in [-0.39, 0.29) is 5.78 Å². The predicted octanol–water partition coefficient (Wildman–Crippen LogP) is 2.93. The summed E-state index contributed by atoms with van der Waals surface area (Å²) < 4.78 is 0. The molecule has 0 amide bonds. The maximum Gasteiger partial charge on any atom is 0.160 e. The Labute approximate surface area is 79.1 Å². The SMILES string of the molecule is C=CCc1cccc(C(C)=O)c1C. The van der Waals surface area contributed by atoms with Gasteiger partial charge in [-0.1, -0.05) is 24.3 Å². The third-order valence-corrected chi connectivity index (χ3v) is 2.19. The number of allylic oxidation sites excluding steroid dienone is 1. The smallest absolute Gasteiger partial charge is 0.160 e. The summed E-state index contributed by atoms with van der Waals surface area (Å²) in [6.45, 7) is 7.27. The Balaban J connectivity index is 3.17. The van der Waals surface area contributed by atoms with Crippen molar-refractivity contribution in [2.45, 2.75) is 20.3 Å². The van der Waals surface area contributed by atoms with E-state index in [2.05, 4.69) is 6.58 Å². The summed E-state index contributed by atoms with van der Waals surface area (Å²) >= 11 is 0. The van der Waals surface area contributed by atoms with Crippen molar-refractivity contribution in [1.29, 1.82) is 0 Å². The monoisotopic (exact) mass is 174 g/mol. The summed E-state index contributed by atoms with van der Waals surface area (Å²) in [6.07, 6.45) is 2.68. The maximum absolute atomic E-state index is 11.2. The van der Waals surface area contributed by atoms with E-state index in [1.165, 1.54) is 5.56 Å². The van der Waals surface area contributed by atoms with Crippen molar-refractivity contribution in [3.05, 3.63) is 47.5 Å². The lowest BCUT2D eigenvalue weighted by molar-refractivity contribution is 0.101. The number of hydrogen-bond acceptors (Lipinski definition) is 1. The van der Waals surface area contributed by atoms with Gasteiger partial charge in [-0.25, -0.2) is 0 Å². The first kappa shape index (κ1) is 9.72. The van der Waals surface area contributed by atoms with Gasteiger partial charge in [0.1, 0.15) is 0 Å². The van der Waals surface area contributed by atoms with Gasteiger partial charge in [-0.05, 0) is 31.4 Å². The summed E-state index contributed by atoms with van der Waals surface area (Å²) in [4.78, 5) is 11.2. The minimum Gasteiger partial charge on any atom is -0.295 e. The minimum absolute atomic E-state index is 0.128. The van der Waals surface area contributed by atoms with Gasteiger partial charge >= 0.3 is 0 Å². The lowest BCUT2D eigenvalue weighted by Crippen LogP contribution is -1.99. The van der Waals surface area contributed by atoms with Gasteiger partial charge in [0.2, 0.25) is 0 Å². The lowest BCUT2D eigenvalue weighted by Gasteiger charge is -2.06. The second kappa shape index (κ2) is 4.04. The van der Waals surface area contributed by atoms with Crippen LogP contribution in [0, 0.1) is 6.92 Å². The third kappa shape index (κ3) is 2.05. The highest BCUT2D eigenvalue weighted by Crippen LogP contribution is 2.14. The molecule has 0 saturated heterocycles. The Kier molecular flexibility index (Phi) is 3.02. The molecule has 0 atom stereocenters. The van der Waals surface area contributed by atoms with E-state index in [1.807, 2.05) is 31.2 Å². The third-order valence-electron chi connectivity index (χ3n) is 2.19. The zero-order valence-corrected chi connectivity index (χ0v) is 8.13. The molecule has 0 heterocycles. The molecule has 0 spiro atoms. The molecule has 68 valence electrons. The van der Waals surface area contributed by atoms with Gasteiger partial charge in [0.25, 0.3) is 0 Å². The molecule has 1 nitrogen and oxygen atoms in total. The fraction of sp³-hybridized carbons (Fsp3) is 0.250. The van der Waals surface area contributed by atoms with Crippen molar-refractivity contribution >= 4 is 5.78 Å². The van der Waals surface area contributed by atoms with Gasteiger partial charge in [-0.2, -0.15) is 0 Å². The van der Waals surface area contributed by atoms with Crippen LogP contribution >= 0.6 is 0 Å². The van der Waals surface area contributed by atoms with E-state index in [0.29, 0.717) is 0 Å². The average Bonchev–Trinajstić information content (AvgIpc) is 2.08. The summed E-state index contributed by atoms with van der Waals surface area (Å²) in [7, 11) is 0. The largest absolute Gasteiger partial charge is 0.295 e. The maximum atomic E-state index is 11.2. The molecular formula is C12H14O. The van der Waals surface area contributed by atoms with Crippen LogP contribution in [-0.4, -0.2) is 5.78 Å². The van der Waals surface area contributed by atoms with Crippen LogP contribution in [0.15, 0.2) is 30.9 Å². The molecule has 1 aromatic rings. The van der Waals surface area contributed by atoms with E-state index in [4.69, 9.17) is 0 Å². The molecule has 0 aliphatic carbocycles. The molecule has 0 unspecified atom stereocenters. The van der Waals surface area contributed by atoms with Crippen molar-refractivity contribution in [3.8, 4) is 0 Å². The van der Waals surface area contributed by atoms with Gasteiger partial charge in [0, 0.05) is 5.56 Å². The van der Waals surface area contributed by atoms with Crippen LogP contribution in [0.3, 0.4) is 0 Å². The van der Waals surface area contributed by atoms with Gasteiger partial charge in [0.05, 0.1) is 0 Å². The highest BCUT2D eigenvalue weighted by molar-refractivity contribution is 5.95. The minimum atomic E-state index is 0.128. The molecule has 1 rings (SSSR count). The molecule has 0 aliphatic heterocycles. The normalized spacial score (nSPS) is 9.69. The quantitative estimate of drug-likeness (QED) is 0.508. The van der Waals surface area contributed by atoms with E-state index in [1.54, 1.807) is 6.92 Å². The number of ketones is 1. The van der Waals surface area contributed by atoms with Gasteiger partial charge in [-0.3, -0.25) is 4.79 Å². The van der Waals surface area contributed by atoms with E-state index in [0.717, 1.165) is 17.5 Å². The Bertz CT molecular complexity index is 337. The molecule has 1 heteroatoms. The number of carbonyl (C=O) groups excluding carboxylic acids is 1. The van der Waals surface area contributed by atoms with Crippen molar-refractivity contribution in [2.24, 2.45) is 0 Å². The second-order valence-electron chi connectivity index (χ2n) is 3.14. The molecular weight excluding hydrogens is 160 g/mol. The Morgan fingerprint density at radius 1 is 1.54 bits per heavy atom. The van der Waals surface area contributed by atoms with Crippen LogP contribution in [0.2, 0.25) is 0 Å². The van der Waals surface area contributed by atoms with Crippen LogP contribution in [0.4, 0.5) is 0 Å². The van der Waals surface area contributed by atoms with Crippen LogP contribution in [0.25, 0.3) is 0 Å². The van der Waals surface area contributed by atoms with Crippen molar-refractivity contribution in [3.63, 3.8) is 0 Å². The van der Waals surface area contributed by atoms with Crippen LogP contribution in [0.1, 0.15) is 28.4 Å². The van der Waals surface area contributed by atoms with Crippen LogP contribution < -0.4 is 0 Å². The number of carbonyl (C=O) groups is 1. The number of hydrogen-bond donors (Lipinski definition) is 0. The fourth-order valence-electron chi connectivity index (χ4n) is 1.44. The van der Waals surface area contributed by atoms with Crippen LogP contribution in [-0.2, 0) is 6.42 Å². The summed E-state index contributed by atoms with van der Waals surface area (Å²) in [6, 6.07) is 5.82. The van der Waals surface area contributed by atoms with Gasteiger partial charge in [-0.15, -0.1) is 6.58 Å². The number of benzene rings is 1. The Hall–Kier alpha value is -1.37. The second-order valence-corrected chi connectivity index (χ2v) is 3.14. The molecule has 1 aromatic carbocycles. The lowest BCUT2D eigenvalue weighted by atomic mass is 9.98. The van der Waals surface area contributed by atoms with Gasteiger partial charge in [0.15, 0.2) is 5.78 Å². The molecule has 0 fully saturated rings. The first-order chi connectivity index (χ1) is 6.16. The van der Waals surface area contributed by atoms with E-state index >= 15 is 0 Å². The van der Waals surface area contributed by atoms with Crippen molar-refractivity contribution < 1.29 is 4.79 Å². The molecule has 0 aliphatic rings. The summed E-state index contributed by atoms with van der Waals surface area (Å²) in [5.41, 5.74) is 3.08. The van der Waals surface area contributed by atoms with Gasteiger partial charge < -0.3 is 0 Å². The highest BCUT2D eigenvalue weighted by Gasteiger charge is 2.05. The predicted molar refractivity (Wildman–Crippen MR) is 55.1 cm³/mol. The van der Waals surface area contributed by atoms with Crippen molar-refractivity contribution in [2.75, 3.05) is 0 Å². The zero-order valence-electron chi connectivity index (χ0n) is 8.13. The first-order valence-electron chi connectivity index (χ1n) is 4.37. The standard InChI is InChI=1S/C12H14O/c1-4-6-11-7-5-8-12(9(11)2)10(3)13/h4-5,7-8H,1,6H2,2-3H3. The van der Waals surface area contributed by atoms with Crippen molar-refractivity contribution in [1.82, 2.24) is 0 Å². The Morgan fingerprint density at radius 2 is 2.23 bits per heavy atom. The van der Waals surface area contributed by atoms with E-state index < -0.39 is 0 Å². The zero-order chi connectivity index (χ0) is 9.84.